The minimum Gasteiger partial charge on any atom is -0.292 e. The van der Waals surface area contributed by atoms with Crippen molar-refractivity contribution < 1.29 is 1.37 Å². The Bertz CT molecular complexity index is 1530. The van der Waals surface area contributed by atoms with Gasteiger partial charge in [-0.05, 0) is 41.5 Å². The highest BCUT2D eigenvalue weighted by Gasteiger charge is 2.17. The number of imidazole rings is 1. The van der Waals surface area contributed by atoms with Crippen LogP contribution >= 0.6 is 11.3 Å². The van der Waals surface area contributed by atoms with Crippen LogP contribution in [0.5, 0.6) is 0 Å². The third kappa shape index (κ3) is 2.75. The van der Waals surface area contributed by atoms with E-state index in [2.05, 4.69) is 76.7 Å². The fraction of sp³-hybridized carbons (Fsp3) is 0. The highest BCUT2D eigenvalue weighted by molar-refractivity contribution is 7.17. The molecule has 0 saturated carbocycles. The van der Waals surface area contributed by atoms with Crippen LogP contribution < -0.4 is 0 Å². The number of benzene rings is 4. The minimum absolute atomic E-state index is 0.533. The van der Waals surface area contributed by atoms with Gasteiger partial charge in [0, 0.05) is 26.7 Å². The van der Waals surface area contributed by atoms with Crippen LogP contribution in [0.2, 0.25) is 0 Å². The lowest BCUT2D eigenvalue weighted by Crippen LogP contribution is -1.97. The number of nitrogens with zero attached hydrogens (tertiary/aromatic N) is 2. The highest BCUT2D eigenvalue weighted by atomic mass is 32.1. The molecule has 0 spiro atoms. The Hall–Kier alpha value is -3.69. The summed E-state index contributed by atoms with van der Waals surface area (Å²) in [6, 6.07) is 33.7. The summed E-state index contributed by atoms with van der Waals surface area (Å²) in [7, 11) is 0. The van der Waals surface area contributed by atoms with E-state index in [4.69, 9.17) is 6.35 Å². The van der Waals surface area contributed by atoms with Crippen LogP contribution in [0, 0.1) is 0 Å². The Morgan fingerprint density at radius 2 is 1.50 bits per heavy atom. The van der Waals surface area contributed by atoms with Crippen LogP contribution in [0.1, 0.15) is 1.37 Å². The molecule has 30 heavy (non-hydrogen) atoms. The predicted molar refractivity (Wildman–Crippen MR) is 127 cm³/mol. The number of thiophene rings is 1. The van der Waals surface area contributed by atoms with Gasteiger partial charge in [-0.25, -0.2) is 4.98 Å². The van der Waals surface area contributed by atoms with Crippen molar-refractivity contribution in [2.75, 3.05) is 0 Å². The zero-order valence-corrected chi connectivity index (χ0v) is 16.9. The molecular weight excluding hydrogens is 384 g/mol. The van der Waals surface area contributed by atoms with Gasteiger partial charge < -0.3 is 0 Å². The van der Waals surface area contributed by atoms with Crippen molar-refractivity contribution in [3.63, 3.8) is 0 Å². The molecule has 2 nitrogen and oxygen atoms in total. The van der Waals surface area contributed by atoms with Crippen LogP contribution in [0.15, 0.2) is 108 Å². The summed E-state index contributed by atoms with van der Waals surface area (Å²) in [4.78, 5) is 5.01. The molecule has 0 aliphatic rings. The zero-order chi connectivity index (χ0) is 20.8. The minimum atomic E-state index is 0.533. The lowest BCUT2D eigenvalue weighted by molar-refractivity contribution is 1.11. The van der Waals surface area contributed by atoms with Gasteiger partial charge in [0.2, 0.25) is 0 Å². The highest BCUT2D eigenvalue weighted by Crippen LogP contribution is 2.36. The van der Waals surface area contributed by atoms with E-state index in [1.165, 1.54) is 11.1 Å². The van der Waals surface area contributed by atoms with E-state index in [1.807, 2.05) is 30.3 Å². The van der Waals surface area contributed by atoms with E-state index >= 15 is 0 Å². The van der Waals surface area contributed by atoms with E-state index in [0.717, 1.165) is 38.2 Å². The van der Waals surface area contributed by atoms with Crippen LogP contribution in [-0.2, 0) is 0 Å². The monoisotopic (exact) mass is 403 g/mol. The summed E-state index contributed by atoms with van der Waals surface area (Å²) >= 11 is 1.66. The molecule has 142 valence electrons. The number of rotatable bonds is 3. The molecule has 0 atom stereocenters. The molecule has 0 bridgehead atoms. The number of aromatic nitrogens is 2. The van der Waals surface area contributed by atoms with Crippen LogP contribution in [-0.4, -0.2) is 9.55 Å². The topological polar surface area (TPSA) is 17.8 Å². The molecule has 0 radical (unpaired) electrons. The maximum absolute atomic E-state index is 7.93. The maximum Gasteiger partial charge on any atom is 0.147 e. The van der Waals surface area contributed by atoms with Gasteiger partial charge in [0.1, 0.15) is 5.82 Å². The second kappa shape index (κ2) is 6.97. The zero-order valence-electron chi connectivity index (χ0n) is 17.1. The van der Waals surface area contributed by atoms with Gasteiger partial charge >= 0.3 is 0 Å². The number of fused-ring (bicyclic) bond motifs is 2. The Balaban J connectivity index is 1.56. The molecule has 0 aliphatic heterocycles. The van der Waals surface area contributed by atoms with Gasteiger partial charge in [0.15, 0.2) is 0 Å². The van der Waals surface area contributed by atoms with Gasteiger partial charge in [-0.2, -0.15) is 0 Å². The van der Waals surface area contributed by atoms with Crippen molar-refractivity contribution in [2.24, 2.45) is 0 Å². The van der Waals surface area contributed by atoms with Crippen molar-refractivity contribution in [3.8, 4) is 28.2 Å². The van der Waals surface area contributed by atoms with E-state index in [-0.39, 0.29) is 0 Å². The second-order valence-electron chi connectivity index (χ2n) is 7.24. The summed E-state index contributed by atoms with van der Waals surface area (Å²) in [6.07, 6.45) is 0. The third-order valence-electron chi connectivity index (χ3n) is 5.45. The molecule has 0 fully saturated rings. The lowest BCUT2D eigenvalue weighted by Gasteiger charge is -2.10. The summed E-state index contributed by atoms with van der Waals surface area (Å²) in [5.41, 5.74) is 6.64. The second-order valence-corrected chi connectivity index (χ2v) is 8.16. The predicted octanol–water partition coefficient (Wildman–Crippen LogP) is 7.57. The first-order valence-electron chi connectivity index (χ1n) is 10.4. The average molecular weight is 404 g/mol. The van der Waals surface area contributed by atoms with E-state index < -0.39 is 0 Å². The fourth-order valence-corrected chi connectivity index (χ4v) is 4.91. The SMILES string of the molecule is [2H]c1ccc2c(-c3nc4ccccc4n3-c3ccc(-c4ccccc4)cc3)csc2c1. The standard InChI is InChI=1S/C27H18N2S/c1-2-8-19(9-3-1)20-14-16-21(17-15-20)29-25-12-6-5-11-24(25)28-27(29)23-18-30-26-13-7-4-10-22(23)26/h1-18H/i7D. The molecule has 3 heteroatoms. The van der Waals surface area contributed by atoms with Crippen molar-refractivity contribution in [3.05, 3.63) is 108 Å². The molecule has 0 unspecified atom stereocenters. The Morgan fingerprint density at radius 3 is 2.37 bits per heavy atom. The molecule has 4 aromatic carbocycles. The number of hydrogen-bond donors (Lipinski definition) is 0. The molecule has 6 rings (SSSR count). The van der Waals surface area contributed by atoms with Gasteiger partial charge in [-0.15, -0.1) is 11.3 Å². The molecular formula is C27H18N2S. The summed E-state index contributed by atoms with van der Waals surface area (Å²) < 4.78 is 11.3. The van der Waals surface area contributed by atoms with Gasteiger partial charge in [-0.3, -0.25) is 4.57 Å². The Morgan fingerprint density at radius 1 is 0.733 bits per heavy atom. The van der Waals surface area contributed by atoms with Crippen LogP contribution in [0.4, 0.5) is 0 Å². The van der Waals surface area contributed by atoms with E-state index in [1.54, 1.807) is 11.3 Å². The van der Waals surface area contributed by atoms with Gasteiger partial charge in [-0.1, -0.05) is 72.8 Å². The van der Waals surface area contributed by atoms with Crippen molar-refractivity contribution in [1.82, 2.24) is 9.55 Å². The largest absolute Gasteiger partial charge is 0.292 e. The smallest absolute Gasteiger partial charge is 0.147 e. The van der Waals surface area contributed by atoms with Gasteiger partial charge in [0.05, 0.1) is 12.4 Å². The molecule has 6 aromatic rings. The summed E-state index contributed by atoms with van der Waals surface area (Å²) in [6.45, 7) is 0. The summed E-state index contributed by atoms with van der Waals surface area (Å²) in [5.74, 6) is 0.928. The van der Waals surface area contributed by atoms with Crippen LogP contribution in [0.3, 0.4) is 0 Å². The molecule has 0 N–H and O–H groups in total. The van der Waals surface area contributed by atoms with Crippen molar-refractivity contribution in [2.45, 2.75) is 0 Å². The van der Waals surface area contributed by atoms with Gasteiger partial charge in [0.25, 0.3) is 0 Å². The third-order valence-corrected chi connectivity index (χ3v) is 6.40. The maximum atomic E-state index is 7.93. The normalized spacial score (nSPS) is 11.8. The molecule has 0 saturated heterocycles. The first-order chi connectivity index (χ1) is 15.3. The quantitative estimate of drug-likeness (QED) is 0.298. The van der Waals surface area contributed by atoms with Crippen LogP contribution in [0.25, 0.3) is 49.3 Å². The molecule has 2 aromatic heterocycles. The van der Waals surface area contributed by atoms with E-state index in [9.17, 15) is 0 Å². The molecule has 2 heterocycles. The van der Waals surface area contributed by atoms with Crippen molar-refractivity contribution >= 4 is 32.5 Å². The van der Waals surface area contributed by atoms with Crippen molar-refractivity contribution in [1.29, 1.82) is 0 Å². The fourth-order valence-electron chi connectivity index (χ4n) is 4.00. The number of hydrogen-bond acceptors (Lipinski definition) is 2. The molecule has 0 aliphatic carbocycles. The molecule has 0 amide bonds. The first kappa shape index (κ1) is 16.1. The Labute approximate surface area is 180 Å². The van der Waals surface area contributed by atoms with E-state index in [0.29, 0.717) is 6.04 Å². The average Bonchev–Trinajstić information content (AvgIpc) is 3.40. The Kier molecular flexibility index (Phi) is 3.75. The lowest BCUT2D eigenvalue weighted by atomic mass is 10.1. The first-order valence-corrected chi connectivity index (χ1v) is 10.8. The summed E-state index contributed by atoms with van der Waals surface area (Å²) in [5, 5.41) is 3.29. The number of para-hydroxylation sites is 2.